The number of anilines is 1. The van der Waals surface area contributed by atoms with E-state index in [1.165, 1.54) is 6.07 Å². The number of aryl methyl sites for hydroxylation is 1. The molecule has 0 spiro atoms. The van der Waals surface area contributed by atoms with Gasteiger partial charge in [0.15, 0.2) is 0 Å². The molecule has 100 valence electrons. The first-order valence-electron chi connectivity index (χ1n) is 6.46. The molecule has 0 radical (unpaired) electrons. The van der Waals surface area contributed by atoms with Crippen LogP contribution in [0.1, 0.15) is 24.1 Å². The second-order valence-electron chi connectivity index (χ2n) is 4.41. The van der Waals surface area contributed by atoms with Crippen molar-refractivity contribution in [3.8, 4) is 0 Å². The Balaban J connectivity index is 2.28. The van der Waals surface area contributed by atoms with Gasteiger partial charge in [-0.1, -0.05) is 43.3 Å². The number of para-hydroxylation sites is 1. The third-order valence-electron chi connectivity index (χ3n) is 3.20. The Hall–Kier alpha value is -1.87. The summed E-state index contributed by atoms with van der Waals surface area (Å²) in [6.45, 7) is 1.99. The van der Waals surface area contributed by atoms with E-state index in [-0.39, 0.29) is 18.5 Å². The molecule has 0 saturated heterocycles. The van der Waals surface area contributed by atoms with Crippen LogP contribution in [0.15, 0.2) is 48.5 Å². The lowest BCUT2D eigenvalue weighted by Gasteiger charge is -2.21. The number of nitrogens with one attached hydrogen (secondary N) is 1. The van der Waals surface area contributed by atoms with Crippen molar-refractivity contribution in [2.45, 2.75) is 19.4 Å². The monoisotopic (exact) mass is 259 g/mol. The zero-order valence-electron chi connectivity index (χ0n) is 10.9. The first-order chi connectivity index (χ1) is 9.26. The van der Waals surface area contributed by atoms with Gasteiger partial charge in [0.1, 0.15) is 5.82 Å². The van der Waals surface area contributed by atoms with Crippen LogP contribution in [0, 0.1) is 5.82 Å². The highest BCUT2D eigenvalue weighted by Crippen LogP contribution is 2.24. The molecule has 0 aliphatic carbocycles. The molecule has 1 unspecified atom stereocenters. The summed E-state index contributed by atoms with van der Waals surface area (Å²) in [5.74, 6) is -0.310. The summed E-state index contributed by atoms with van der Waals surface area (Å²) in [4.78, 5) is 0. The number of aliphatic hydroxyl groups is 1. The smallest absolute Gasteiger partial charge is 0.146 e. The average Bonchev–Trinajstić information content (AvgIpc) is 2.46. The number of benzene rings is 2. The highest BCUT2D eigenvalue weighted by molar-refractivity contribution is 5.47. The largest absolute Gasteiger partial charge is 0.394 e. The van der Waals surface area contributed by atoms with Crippen molar-refractivity contribution in [3.63, 3.8) is 0 Å². The highest BCUT2D eigenvalue weighted by atomic mass is 19.1. The number of hydrogen-bond donors (Lipinski definition) is 2. The van der Waals surface area contributed by atoms with Gasteiger partial charge in [0.25, 0.3) is 0 Å². The molecule has 2 rings (SSSR count). The van der Waals surface area contributed by atoms with Crippen LogP contribution in [0.3, 0.4) is 0 Å². The van der Waals surface area contributed by atoms with Crippen LogP contribution in [0.4, 0.5) is 10.1 Å². The highest BCUT2D eigenvalue weighted by Gasteiger charge is 2.14. The predicted molar refractivity (Wildman–Crippen MR) is 75.7 cm³/mol. The van der Waals surface area contributed by atoms with E-state index in [4.69, 9.17) is 0 Å². The van der Waals surface area contributed by atoms with E-state index < -0.39 is 0 Å². The van der Waals surface area contributed by atoms with E-state index in [9.17, 15) is 9.50 Å². The Kier molecular flexibility index (Phi) is 4.53. The maximum atomic E-state index is 13.6. The summed E-state index contributed by atoms with van der Waals surface area (Å²) < 4.78 is 13.6. The molecule has 0 aliphatic rings. The minimum absolute atomic E-state index is 0.0780. The van der Waals surface area contributed by atoms with E-state index in [0.717, 1.165) is 17.5 Å². The maximum Gasteiger partial charge on any atom is 0.146 e. The zero-order chi connectivity index (χ0) is 13.7. The van der Waals surface area contributed by atoms with Crippen LogP contribution in [-0.4, -0.2) is 11.7 Å². The number of hydrogen-bond acceptors (Lipinski definition) is 2. The van der Waals surface area contributed by atoms with Gasteiger partial charge in [0.2, 0.25) is 0 Å². The molecule has 19 heavy (non-hydrogen) atoms. The lowest BCUT2D eigenvalue weighted by atomic mass is 9.99. The Morgan fingerprint density at radius 2 is 1.79 bits per heavy atom. The molecule has 0 amide bonds. The summed E-state index contributed by atoms with van der Waals surface area (Å²) in [5, 5.41) is 12.6. The molecule has 0 fully saturated rings. The molecule has 0 saturated carbocycles. The van der Waals surface area contributed by atoms with Crippen molar-refractivity contribution in [1.82, 2.24) is 0 Å². The van der Waals surface area contributed by atoms with Gasteiger partial charge in [-0.15, -0.1) is 0 Å². The Morgan fingerprint density at radius 1 is 1.11 bits per heavy atom. The Morgan fingerprint density at radius 3 is 2.47 bits per heavy atom. The molecular weight excluding hydrogens is 241 g/mol. The lowest BCUT2D eigenvalue weighted by Crippen LogP contribution is -2.17. The fraction of sp³-hybridized carbons (Fsp3) is 0.250. The minimum Gasteiger partial charge on any atom is -0.394 e. The van der Waals surface area contributed by atoms with E-state index in [1.807, 2.05) is 24.3 Å². The number of halogens is 1. The molecule has 0 aromatic heterocycles. The van der Waals surface area contributed by atoms with Gasteiger partial charge in [0, 0.05) is 0 Å². The standard InChI is InChI=1S/C16H18FNO/c1-2-12-7-3-4-8-13(12)16(11-19)18-15-10-6-5-9-14(15)17/h3-10,16,18-19H,2,11H2,1H3. The second kappa shape index (κ2) is 6.34. The van der Waals surface area contributed by atoms with Crippen molar-refractivity contribution in [1.29, 1.82) is 0 Å². The summed E-state index contributed by atoms with van der Waals surface area (Å²) in [6.07, 6.45) is 0.881. The van der Waals surface area contributed by atoms with Gasteiger partial charge in [-0.2, -0.15) is 0 Å². The van der Waals surface area contributed by atoms with E-state index in [0.29, 0.717) is 5.69 Å². The molecule has 0 bridgehead atoms. The fourth-order valence-corrected chi connectivity index (χ4v) is 2.18. The molecule has 1 atom stereocenters. The van der Waals surface area contributed by atoms with Gasteiger partial charge in [-0.3, -0.25) is 0 Å². The molecule has 3 heteroatoms. The summed E-state index contributed by atoms with van der Waals surface area (Å²) >= 11 is 0. The van der Waals surface area contributed by atoms with Crippen LogP contribution in [0.25, 0.3) is 0 Å². The molecule has 0 heterocycles. The van der Waals surface area contributed by atoms with Gasteiger partial charge in [-0.05, 0) is 29.7 Å². The van der Waals surface area contributed by atoms with Crippen LogP contribution in [0.2, 0.25) is 0 Å². The predicted octanol–water partition coefficient (Wildman–Crippen LogP) is 3.53. The Bertz CT molecular complexity index is 542. The first kappa shape index (κ1) is 13.6. The van der Waals surface area contributed by atoms with Crippen LogP contribution in [-0.2, 0) is 6.42 Å². The van der Waals surface area contributed by atoms with Crippen LogP contribution >= 0.6 is 0 Å². The van der Waals surface area contributed by atoms with Gasteiger partial charge in [0.05, 0.1) is 18.3 Å². The summed E-state index contributed by atoms with van der Waals surface area (Å²) in [7, 11) is 0. The van der Waals surface area contributed by atoms with Crippen LogP contribution < -0.4 is 5.32 Å². The Labute approximate surface area is 112 Å². The number of rotatable bonds is 5. The molecule has 2 aromatic carbocycles. The first-order valence-corrected chi connectivity index (χ1v) is 6.46. The fourth-order valence-electron chi connectivity index (χ4n) is 2.18. The molecule has 0 aliphatic heterocycles. The van der Waals surface area contributed by atoms with Crippen molar-refractivity contribution in [3.05, 3.63) is 65.5 Å². The van der Waals surface area contributed by atoms with Crippen molar-refractivity contribution < 1.29 is 9.50 Å². The SMILES string of the molecule is CCc1ccccc1C(CO)Nc1ccccc1F. The maximum absolute atomic E-state index is 13.6. The summed E-state index contributed by atoms with van der Waals surface area (Å²) in [6, 6.07) is 14.1. The zero-order valence-corrected chi connectivity index (χ0v) is 10.9. The third kappa shape index (κ3) is 3.12. The molecular formula is C16H18FNO. The molecule has 2 aromatic rings. The topological polar surface area (TPSA) is 32.3 Å². The third-order valence-corrected chi connectivity index (χ3v) is 3.20. The van der Waals surface area contributed by atoms with Crippen molar-refractivity contribution in [2.24, 2.45) is 0 Å². The van der Waals surface area contributed by atoms with Gasteiger partial charge < -0.3 is 10.4 Å². The second-order valence-corrected chi connectivity index (χ2v) is 4.41. The van der Waals surface area contributed by atoms with Crippen LogP contribution in [0.5, 0.6) is 0 Å². The van der Waals surface area contributed by atoms with Crippen molar-refractivity contribution >= 4 is 5.69 Å². The summed E-state index contributed by atoms with van der Waals surface area (Å²) in [5.41, 5.74) is 2.58. The number of aliphatic hydroxyl groups excluding tert-OH is 1. The lowest BCUT2D eigenvalue weighted by molar-refractivity contribution is 0.275. The van der Waals surface area contributed by atoms with Gasteiger partial charge >= 0.3 is 0 Å². The van der Waals surface area contributed by atoms with E-state index >= 15 is 0 Å². The van der Waals surface area contributed by atoms with Crippen molar-refractivity contribution in [2.75, 3.05) is 11.9 Å². The molecule has 2 N–H and O–H groups in total. The normalized spacial score (nSPS) is 12.2. The quantitative estimate of drug-likeness (QED) is 0.861. The average molecular weight is 259 g/mol. The minimum atomic E-state index is -0.310. The van der Waals surface area contributed by atoms with E-state index in [1.54, 1.807) is 18.2 Å². The van der Waals surface area contributed by atoms with Gasteiger partial charge in [-0.25, -0.2) is 4.39 Å². The van der Waals surface area contributed by atoms with E-state index in [2.05, 4.69) is 12.2 Å². The molecule has 2 nitrogen and oxygen atoms in total.